The van der Waals surface area contributed by atoms with Crippen LogP contribution >= 0.6 is 0 Å². The Morgan fingerprint density at radius 2 is 1.79 bits per heavy atom. The summed E-state index contributed by atoms with van der Waals surface area (Å²) in [6.07, 6.45) is 0.794. The topological polar surface area (TPSA) is 74.2 Å². The zero-order valence-electron chi connectivity index (χ0n) is 19.0. The molecule has 0 fully saturated rings. The van der Waals surface area contributed by atoms with Gasteiger partial charge >= 0.3 is 5.97 Å². The molecule has 3 atom stereocenters. The van der Waals surface area contributed by atoms with Crippen molar-refractivity contribution >= 4 is 17.5 Å². The van der Waals surface area contributed by atoms with E-state index in [9.17, 15) is 9.59 Å². The average Bonchev–Trinajstić information content (AvgIpc) is 3.26. The first-order valence-corrected chi connectivity index (χ1v) is 11.4. The third kappa shape index (κ3) is 3.94. The number of benzene rings is 2. The summed E-state index contributed by atoms with van der Waals surface area (Å²) in [6, 6.07) is 15.7. The normalized spacial score (nSPS) is 23.9. The molecular formula is C27H27NO5. The van der Waals surface area contributed by atoms with Crippen LogP contribution < -0.4 is 9.47 Å². The number of ketones is 1. The van der Waals surface area contributed by atoms with E-state index < -0.39 is 11.8 Å². The largest absolute Gasteiger partial charge is 0.462 e. The number of aliphatic imine (C=N–C) groups is 1. The summed E-state index contributed by atoms with van der Waals surface area (Å²) in [5.41, 5.74) is 4.03. The zero-order valence-corrected chi connectivity index (χ0v) is 19.0. The van der Waals surface area contributed by atoms with Gasteiger partial charge < -0.3 is 14.2 Å². The number of carbonyl (C=O) groups is 2. The van der Waals surface area contributed by atoms with Gasteiger partial charge in [0.1, 0.15) is 5.92 Å². The number of rotatable bonds is 4. The number of allylic oxidation sites excluding steroid dienone is 2. The molecule has 0 radical (unpaired) electrons. The van der Waals surface area contributed by atoms with E-state index in [-0.39, 0.29) is 30.6 Å². The van der Waals surface area contributed by atoms with Gasteiger partial charge in [-0.15, -0.1) is 0 Å². The molecule has 2 aromatic carbocycles. The van der Waals surface area contributed by atoms with Gasteiger partial charge in [0.05, 0.1) is 6.10 Å². The van der Waals surface area contributed by atoms with E-state index in [1.165, 1.54) is 0 Å². The Kier molecular flexibility index (Phi) is 5.52. The van der Waals surface area contributed by atoms with Crippen molar-refractivity contribution in [2.45, 2.75) is 51.6 Å². The molecule has 2 aliphatic heterocycles. The summed E-state index contributed by atoms with van der Waals surface area (Å²) in [5.74, 6) is -0.104. The first kappa shape index (κ1) is 21.4. The molecule has 0 saturated carbocycles. The quantitative estimate of drug-likeness (QED) is 0.623. The number of hydrogen-bond acceptors (Lipinski definition) is 6. The number of fused-ring (bicyclic) bond motifs is 1. The van der Waals surface area contributed by atoms with Crippen molar-refractivity contribution in [2.75, 3.05) is 6.79 Å². The minimum Gasteiger partial charge on any atom is -0.462 e. The first-order valence-electron chi connectivity index (χ1n) is 11.4. The van der Waals surface area contributed by atoms with Gasteiger partial charge in [0.2, 0.25) is 6.79 Å². The Labute approximate surface area is 193 Å². The van der Waals surface area contributed by atoms with Crippen LogP contribution in [0.1, 0.15) is 56.6 Å². The second kappa shape index (κ2) is 8.50. The van der Waals surface area contributed by atoms with Gasteiger partial charge in [-0.05, 0) is 56.4 Å². The van der Waals surface area contributed by atoms with Gasteiger partial charge in [-0.2, -0.15) is 0 Å². The molecule has 0 aromatic heterocycles. The maximum absolute atomic E-state index is 13.6. The number of nitrogens with zero attached hydrogens (tertiary/aromatic N) is 1. The Bertz CT molecular complexity index is 1160. The molecule has 0 bridgehead atoms. The molecule has 2 heterocycles. The van der Waals surface area contributed by atoms with Gasteiger partial charge in [-0.1, -0.05) is 36.4 Å². The molecule has 0 amide bonds. The van der Waals surface area contributed by atoms with Crippen LogP contribution in [0.2, 0.25) is 0 Å². The van der Waals surface area contributed by atoms with E-state index in [1.54, 1.807) is 0 Å². The molecule has 1 aliphatic carbocycles. The Morgan fingerprint density at radius 1 is 1.03 bits per heavy atom. The summed E-state index contributed by atoms with van der Waals surface area (Å²) >= 11 is 0. The minimum atomic E-state index is -0.663. The van der Waals surface area contributed by atoms with Crippen molar-refractivity contribution in [3.8, 4) is 11.5 Å². The van der Waals surface area contributed by atoms with Crippen LogP contribution in [0.15, 0.2) is 64.8 Å². The Morgan fingerprint density at radius 3 is 2.55 bits per heavy atom. The van der Waals surface area contributed by atoms with Crippen molar-refractivity contribution in [1.82, 2.24) is 0 Å². The number of Topliss-reactive ketones (excluding diaryl/α,β-unsaturated/α-hetero) is 1. The molecule has 5 rings (SSSR count). The molecule has 6 nitrogen and oxygen atoms in total. The fourth-order valence-corrected chi connectivity index (χ4v) is 5.10. The van der Waals surface area contributed by atoms with E-state index in [0.29, 0.717) is 35.6 Å². The lowest BCUT2D eigenvalue weighted by Gasteiger charge is -2.36. The second-order valence-corrected chi connectivity index (χ2v) is 9.11. The number of esters is 1. The van der Waals surface area contributed by atoms with Gasteiger partial charge in [0, 0.05) is 29.3 Å². The van der Waals surface area contributed by atoms with E-state index in [0.717, 1.165) is 16.8 Å². The fraction of sp³-hybridized carbons (Fsp3) is 0.370. The maximum Gasteiger partial charge on any atom is 0.315 e. The minimum absolute atomic E-state index is 0.0337. The Balaban J connectivity index is 1.60. The monoisotopic (exact) mass is 445 g/mol. The summed E-state index contributed by atoms with van der Waals surface area (Å²) in [5, 5.41) is 0. The van der Waals surface area contributed by atoms with E-state index in [4.69, 9.17) is 19.2 Å². The van der Waals surface area contributed by atoms with Crippen LogP contribution in [-0.4, -0.2) is 30.4 Å². The smallest absolute Gasteiger partial charge is 0.315 e. The molecular weight excluding hydrogens is 418 g/mol. The summed E-state index contributed by atoms with van der Waals surface area (Å²) < 4.78 is 16.6. The lowest BCUT2D eigenvalue weighted by molar-refractivity contribution is -0.150. The summed E-state index contributed by atoms with van der Waals surface area (Å²) in [7, 11) is 0. The molecule has 3 aliphatic rings. The van der Waals surface area contributed by atoms with Crippen molar-refractivity contribution in [2.24, 2.45) is 10.9 Å². The van der Waals surface area contributed by atoms with Crippen LogP contribution in [-0.2, 0) is 14.3 Å². The molecule has 6 heteroatoms. The van der Waals surface area contributed by atoms with Crippen LogP contribution in [0, 0.1) is 5.92 Å². The highest BCUT2D eigenvalue weighted by Crippen LogP contribution is 2.48. The third-order valence-corrected chi connectivity index (χ3v) is 6.52. The number of carbonyl (C=O) groups excluding carboxylic acids is 2. The average molecular weight is 446 g/mol. The van der Waals surface area contributed by atoms with Crippen LogP contribution in [0.5, 0.6) is 11.5 Å². The molecule has 1 unspecified atom stereocenters. The van der Waals surface area contributed by atoms with E-state index in [2.05, 4.69) is 12.1 Å². The van der Waals surface area contributed by atoms with Crippen LogP contribution in [0.4, 0.5) is 0 Å². The molecule has 0 saturated heterocycles. The molecule has 0 spiro atoms. The van der Waals surface area contributed by atoms with Crippen molar-refractivity contribution in [3.63, 3.8) is 0 Å². The van der Waals surface area contributed by atoms with Gasteiger partial charge in [-0.3, -0.25) is 14.6 Å². The second-order valence-electron chi connectivity index (χ2n) is 9.11. The van der Waals surface area contributed by atoms with Gasteiger partial charge in [0.25, 0.3) is 0 Å². The fourth-order valence-electron chi connectivity index (χ4n) is 5.10. The number of ether oxygens (including phenoxy) is 3. The third-order valence-electron chi connectivity index (χ3n) is 6.52. The predicted octanol–water partition coefficient (Wildman–Crippen LogP) is 4.94. The molecule has 0 N–H and O–H groups in total. The van der Waals surface area contributed by atoms with E-state index >= 15 is 0 Å². The maximum atomic E-state index is 13.6. The van der Waals surface area contributed by atoms with Gasteiger partial charge in [0.15, 0.2) is 17.3 Å². The highest BCUT2D eigenvalue weighted by molar-refractivity contribution is 6.09. The van der Waals surface area contributed by atoms with Crippen molar-refractivity contribution in [1.29, 1.82) is 0 Å². The van der Waals surface area contributed by atoms with E-state index in [1.807, 2.05) is 57.2 Å². The lowest BCUT2D eigenvalue weighted by Crippen LogP contribution is -2.38. The van der Waals surface area contributed by atoms with Gasteiger partial charge in [-0.25, -0.2) is 0 Å². The molecule has 2 aromatic rings. The van der Waals surface area contributed by atoms with Crippen LogP contribution in [0.25, 0.3) is 0 Å². The van der Waals surface area contributed by atoms with Crippen LogP contribution in [0.3, 0.4) is 0 Å². The first-order chi connectivity index (χ1) is 15.9. The number of hydrogen-bond donors (Lipinski definition) is 0. The highest BCUT2D eigenvalue weighted by Gasteiger charge is 2.45. The molecule has 170 valence electrons. The summed E-state index contributed by atoms with van der Waals surface area (Å²) in [6.45, 7) is 5.66. The lowest BCUT2D eigenvalue weighted by atomic mass is 9.69. The summed E-state index contributed by atoms with van der Waals surface area (Å²) in [4.78, 5) is 31.6. The SMILES string of the molecule is CC1=NC2=C(C(=O)C[C@H](c3ccccc3)C2)[C@@H](c2ccc3c(c2)OCO3)C1C(=O)OC(C)C. The standard InChI is InChI=1S/C27H27NO5/c1-15(2)33-27(30)24-16(3)28-20-11-19(17-7-5-4-6-8-17)12-21(29)26(20)25(24)18-9-10-22-23(13-18)32-14-31-22/h4-10,13,15,19,24-25H,11-12,14H2,1-3H3/t19-,24?,25+/m1/s1. The Hall–Kier alpha value is -3.41. The predicted molar refractivity (Wildman–Crippen MR) is 124 cm³/mol. The molecule has 33 heavy (non-hydrogen) atoms. The van der Waals surface area contributed by atoms with Crippen molar-refractivity contribution in [3.05, 3.63) is 70.9 Å². The zero-order chi connectivity index (χ0) is 23.1. The van der Waals surface area contributed by atoms with Crippen molar-refractivity contribution < 1.29 is 23.8 Å². The highest BCUT2D eigenvalue weighted by atomic mass is 16.7.